The minimum atomic E-state index is 0.292. The third-order valence-corrected chi connectivity index (χ3v) is 4.30. The molecular weight excluding hydrogens is 290 g/mol. The predicted octanol–water partition coefficient (Wildman–Crippen LogP) is 3.17. The van der Waals surface area contributed by atoms with Crippen molar-refractivity contribution in [3.05, 3.63) is 36.0 Å². The second kappa shape index (κ2) is 8.13. The van der Waals surface area contributed by atoms with Gasteiger partial charge in [-0.15, -0.1) is 0 Å². The summed E-state index contributed by atoms with van der Waals surface area (Å²) >= 11 is 0. The first kappa shape index (κ1) is 16.0. The molecule has 0 amide bonds. The Morgan fingerprint density at radius 1 is 0.957 bits per heavy atom. The van der Waals surface area contributed by atoms with E-state index in [1.54, 1.807) is 0 Å². The largest absolute Gasteiger partial charge is 0.379 e. The highest BCUT2D eigenvalue weighted by molar-refractivity contribution is 5.95. The number of carbonyl (C=O) groups is 1. The maximum Gasteiger partial charge on any atom is 0.160 e. The molecule has 124 valence electrons. The van der Waals surface area contributed by atoms with Crippen molar-refractivity contribution in [3.8, 4) is 0 Å². The van der Waals surface area contributed by atoms with E-state index in [1.165, 1.54) is 0 Å². The molecule has 0 unspecified atom stereocenters. The van der Waals surface area contributed by atoms with Crippen molar-refractivity contribution in [2.24, 2.45) is 0 Å². The van der Waals surface area contributed by atoms with Crippen LogP contribution in [-0.4, -0.2) is 37.1 Å². The molecule has 2 aliphatic rings. The molecule has 1 aliphatic carbocycles. The highest BCUT2D eigenvalue weighted by Crippen LogP contribution is 2.20. The number of ether oxygens (including phenoxy) is 1. The molecule has 2 fully saturated rings. The number of rotatable bonds is 4. The van der Waals surface area contributed by atoms with E-state index in [2.05, 4.69) is 15.8 Å². The Morgan fingerprint density at radius 3 is 2.43 bits per heavy atom. The van der Waals surface area contributed by atoms with Crippen LogP contribution < -0.4 is 10.7 Å². The number of nitrogens with one attached hydrogen (secondary N) is 2. The van der Waals surface area contributed by atoms with E-state index in [-0.39, 0.29) is 0 Å². The smallest absolute Gasteiger partial charge is 0.160 e. The zero-order valence-corrected chi connectivity index (χ0v) is 13.5. The van der Waals surface area contributed by atoms with Crippen molar-refractivity contribution in [2.75, 3.05) is 37.0 Å². The number of nitrogens with zero attached hydrogens (tertiary/aromatic N) is 1. The zero-order chi connectivity index (χ0) is 15.9. The second-order valence-electron chi connectivity index (χ2n) is 6.09. The first-order valence-electron chi connectivity index (χ1n) is 8.49. The summed E-state index contributed by atoms with van der Waals surface area (Å²) in [5, 5.41) is 5.42. The fourth-order valence-electron chi connectivity index (χ4n) is 2.90. The molecule has 1 saturated carbocycles. The van der Waals surface area contributed by atoms with Gasteiger partial charge in [-0.25, -0.2) is 5.01 Å². The van der Waals surface area contributed by atoms with Gasteiger partial charge >= 0.3 is 0 Å². The van der Waals surface area contributed by atoms with Crippen LogP contribution in [0, 0.1) is 0 Å². The van der Waals surface area contributed by atoms with Crippen LogP contribution in [0.1, 0.15) is 32.1 Å². The van der Waals surface area contributed by atoms with Crippen LogP contribution in [-0.2, 0) is 9.53 Å². The average molecular weight is 315 g/mol. The molecule has 3 rings (SSSR count). The predicted molar refractivity (Wildman–Crippen MR) is 92.3 cm³/mol. The lowest BCUT2D eigenvalue weighted by Crippen LogP contribution is -2.40. The summed E-state index contributed by atoms with van der Waals surface area (Å²) in [5.74, 6) is 0.292. The molecule has 0 aromatic heterocycles. The Kier molecular flexibility index (Phi) is 5.66. The van der Waals surface area contributed by atoms with Gasteiger partial charge in [-0.05, 0) is 43.5 Å². The van der Waals surface area contributed by atoms with Gasteiger partial charge in [-0.2, -0.15) is 0 Å². The lowest BCUT2D eigenvalue weighted by Gasteiger charge is -2.28. The van der Waals surface area contributed by atoms with Gasteiger partial charge in [0.05, 0.1) is 13.2 Å². The van der Waals surface area contributed by atoms with Crippen LogP contribution in [0.5, 0.6) is 0 Å². The van der Waals surface area contributed by atoms with Gasteiger partial charge in [0.1, 0.15) is 0 Å². The first-order chi connectivity index (χ1) is 11.3. The van der Waals surface area contributed by atoms with Crippen molar-refractivity contribution in [3.63, 3.8) is 0 Å². The third kappa shape index (κ3) is 4.81. The standard InChI is InChI=1S/C18H25N3O2/c22-18-5-3-1-2-4-15(18)14-19-16-6-8-17(9-7-16)20-21-10-12-23-13-11-21/h6-9,14,19-20H,1-5,10-13H2. The van der Waals surface area contributed by atoms with Crippen molar-refractivity contribution < 1.29 is 9.53 Å². The van der Waals surface area contributed by atoms with Gasteiger partial charge in [0.25, 0.3) is 0 Å². The van der Waals surface area contributed by atoms with E-state index < -0.39 is 0 Å². The number of Topliss-reactive ketones (excluding diaryl/α,β-unsaturated/α-hetero) is 1. The summed E-state index contributed by atoms with van der Waals surface area (Å²) in [6.07, 6.45) is 6.77. The summed E-state index contributed by atoms with van der Waals surface area (Å²) in [6.45, 7) is 3.34. The molecule has 0 atom stereocenters. The van der Waals surface area contributed by atoms with Crippen LogP contribution in [0.4, 0.5) is 11.4 Å². The number of hydrogen-bond donors (Lipinski definition) is 2. The number of ketones is 1. The highest BCUT2D eigenvalue weighted by Gasteiger charge is 2.13. The lowest BCUT2D eigenvalue weighted by atomic mass is 10.1. The molecule has 0 radical (unpaired) electrons. The number of carbonyl (C=O) groups excluding carboxylic acids is 1. The third-order valence-electron chi connectivity index (χ3n) is 4.30. The number of allylic oxidation sites excluding steroid dienone is 1. The topological polar surface area (TPSA) is 53.6 Å². The number of hydrazine groups is 1. The average Bonchev–Trinajstić information content (AvgIpc) is 2.79. The molecule has 1 aliphatic heterocycles. The summed E-state index contributed by atoms with van der Waals surface area (Å²) in [6, 6.07) is 8.15. The quantitative estimate of drug-likeness (QED) is 0.660. The number of morpholine rings is 1. The van der Waals surface area contributed by atoms with E-state index in [4.69, 9.17) is 4.74 Å². The van der Waals surface area contributed by atoms with Gasteiger partial charge in [0.15, 0.2) is 5.78 Å². The minimum Gasteiger partial charge on any atom is -0.379 e. The van der Waals surface area contributed by atoms with Crippen LogP contribution in [0.2, 0.25) is 0 Å². The maximum absolute atomic E-state index is 12.0. The van der Waals surface area contributed by atoms with Crippen molar-refractivity contribution in [1.82, 2.24) is 5.01 Å². The van der Waals surface area contributed by atoms with Crippen LogP contribution in [0.15, 0.2) is 36.0 Å². The highest BCUT2D eigenvalue weighted by atomic mass is 16.5. The molecular formula is C18H25N3O2. The van der Waals surface area contributed by atoms with Crippen molar-refractivity contribution in [2.45, 2.75) is 32.1 Å². The van der Waals surface area contributed by atoms with Gasteiger partial charge < -0.3 is 15.5 Å². The van der Waals surface area contributed by atoms with Crippen LogP contribution >= 0.6 is 0 Å². The van der Waals surface area contributed by atoms with E-state index in [0.717, 1.165) is 68.9 Å². The number of anilines is 2. The molecule has 5 nitrogen and oxygen atoms in total. The lowest BCUT2D eigenvalue weighted by molar-refractivity contribution is -0.115. The fourth-order valence-corrected chi connectivity index (χ4v) is 2.90. The van der Waals surface area contributed by atoms with Crippen LogP contribution in [0.3, 0.4) is 0 Å². The van der Waals surface area contributed by atoms with Gasteiger partial charge in [-0.3, -0.25) is 4.79 Å². The zero-order valence-electron chi connectivity index (χ0n) is 13.5. The van der Waals surface area contributed by atoms with Gasteiger partial charge in [0, 0.05) is 42.7 Å². The number of benzene rings is 1. The van der Waals surface area contributed by atoms with E-state index in [0.29, 0.717) is 12.2 Å². The fraction of sp³-hybridized carbons (Fsp3) is 0.500. The van der Waals surface area contributed by atoms with E-state index in [9.17, 15) is 4.79 Å². The monoisotopic (exact) mass is 315 g/mol. The Bertz CT molecular complexity index is 548. The first-order valence-corrected chi connectivity index (χ1v) is 8.49. The van der Waals surface area contributed by atoms with Crippen molar-refractivity contribution in [1.29, 1.82) is 0 Å². The molecule has 0 bridgehead atoms. The van der Waals surface area contributed by atoms with Gasteiger partial charge in [0.2, 0.25) is 0 Å². The molecule has 1 saturated heterocycles. The number of hydrogen-bond acceptors (Lipinski definition) is 5. The summed E-state index contributed by atoms with van der Waals surface area (Å²) in [5.41, 5.74) is 6.38. The van der Waals surface area contributed by atoms with Gasteiger partial charge in [-0.1, -0.05) is 6.42 Å². The molecule has 1 aromatic carbocycles. The minimum absolute atomic E-state index is 0.292. The normalized spacial score (nSPS) is 21.9. The van der Waals surface area contributed by atoms with Crippen LogP contribution in [0.25, 0.3) is 0 Å². The van der Waals surface area contributed by atoms with Crippen molar-refractivity contribution >= 4 is 17.2 Å². The Balaban J connectivity index is 1.55. The second-order valence-corrected chi connectivity index (χ2v) is 6.09. The molecule has 5 heteroatoms. The molecule has 1 aromatic rings. The maximum atomic E-state index is 12.0. The molecule has 1 heterocycles. The molecule has 2 N–H and O–H groups in total. The SMILES string of the molecule is O=C1CCCCCC1=CNc1ccc(NN2CCOCC2)cc1. The summed E-state index contributed by atoms with van der Waals surface area (Å²) < 4.78 is 5.34. The summed E-state index contributed by atoms with van der Waals surface area (Å²) in [4.78, 5) is 12.0. The Morgan fingerprint density at radius 2 is 1.65 bits per heavy atom. The van der Waals surface area contributed by atoms with E-state index >= 15 is 0 Å². The van der Waals surface area contributed by atoms with E-state index in [1.807, 2.05) is 30.5 Å². The Labute approximate surface area is 137 Å². The summed E-state index contributed by atoms with van der Waals surface area (Å²) in [7, 11) is 0. The molecule has 23 heavy (non-hydrogen) atoms. The molecule has 0 spiro atoms. The Hall–Kier alpha value is -1.85.